The number of aryl methyl sites for hydroxylation is 1. The number of aliphatic carboxylic acids is 1. The van der Waals surface area contributed by atoms with E-state index >= 15 is 0 Å². The summed E-state index contributed by atoms with van der Waals surface area (Å²) in [7, 11) is 0. The second-order valence-electron chi connectivity index (χ2n) is 7.73. The molecule has 2 rings (SSSR count). The number of benzene rings is 1. The maximum atomic E-state index is 12.5. The van der Waals surface area contributed by atoms with Crippen LogP contribution < -0.4 is 5.32 Å². The molecule has 0 bridgehead atoms. The standard InChI is InChI=1S/C19H26N4O3/c1-12-6-8-14(9-7-12)23-13(2)16(21-22-23)17(24)20-15(18(25)26)10-11-19(3,4)5/h6-9,15H,10-11H2,1-5H3,(H,20,24)(H,25,26). The Hall–Kier alpha value is -2.70. The van der Waals surface area contributed by atoms with Crippen molar-refractivity contribution in [1.82, 2.24) is 20.3 Å². The van der Waals surface area contributed by atoms with Gasteiger partial charge in [0.05, 0.1) is 11.4 Å². The molecule has 1 aromatic carbocycles. The highest BCUT2D eigenvalue weighted by molar-refractivity contribution is 5.95. The molecule has 0 fully saturated rings. The molecule has 1 aromatic heterocycles. The van der Waals surface area contributed by atoms with Crippen LogP contribution in [0, 0.1) is 19.3 Å². The highest BCUT2D eigenvalue weighted by atomic mass is 16.4. The largest absolute Gasteiger partial charge is 0.480 e. The predicted octanol–water partition coefficient (Wildman–Crippen LogP) is 2.89. The van der Waals surface area contributed by atoms with Gasteiger partial charge in [-0.15, -0.1) is 5.10 Å². The molecule has 0 aliphatic rings. The fourth-order valence-electron chi connectivity index (χ4n) is 2.53. The molecule has 140 valence electrons. The van der Waals surface area contributed by atoms with Gasteiger partial charge in [-0.1, -0.05) is 43.7 Å². The number of rotatable bonds is 6. The van der Waals surface area contributed by atoms with Gasteiger partial charge in [-0.3, -0.25) is 4.79 Å². The molecule has 0 saturated heterocycles. The van der Waals surface area contributed by atoms with Gasteiger partial charge in [0.15, 0.2) is 5.69 Å². The van der Waals surface area contributed by atoms with E-state index in [-0.39, 0.29) is 11.1 Å². The first-order chi connectivity index (χ1) is 12.1. The number of carbonyl (C=O) groups excluding carboxylic acids is 1. The van der Waals surface area contributed by atoms with E-state index < -0.39 is 17.9 Å². The van der Waals surface area contributed by atoms with Crippen LogP contribution in [-0.4, -0.2) is 38.0 Å². The quantitative estimate of drug-likeness (QED) is 0.827. The number of nitrogens with zero attached hydrogens (tertiary/aromatic N) is 3. The first-order valence-corrected chi connectivity index (χ1v) is 8.61. The SMILES string of the molecule is Cc1ccc(-n2nnc(C(=O)NC(CCC(C)(C)C)C(=O)O)c2C)cc1. The van der Waals surface area contributed by atoms with E-state index in [0.29, 0.717) is 18.5 Å². The lowest BCUT2D eigenvalue weighted by Crippen LogP contribution is -2.41. The number of carbonyl (C=O) groups is 2. The van der Waals surface area contributed by atoms with Crippen LogP contribution in [0.15, 0.2) is 24.3 Å². The van der Waals surface area contributed by atoms with Crippen molar-refractivity contribution in [2.75, 3.05) is 0 Å². The van der Waals surface area contributed by atoms with Gasteiger partial charge in [0.1, 0.15) is 6.04 Å². The predicted molar refractivity (Wildman–Crippen MR) is 98.4 cm³/mol. The lowest BCUT2D eigenvalue weighted by molar-refractivity contribution is -0.139. The maximum Gasteiger partial charge on any atom is 0.326 e. The Kier molecular flexibility index (Phi) is 5.79. The Balaban J connectivity index is 2.16. The normalized spacial score (nSPS) is 12.7. The van der Waals surface area contributed by atoms with Crippen molar-refractivity contribution < 1.29 is 14.7 Å². The Morgan fingerprint density at radius 1 is 1.19 bits per heavy atom. The Labute approximate surface area is 153 Å². The van der Waals surface area contributed by atoms with Crippen LogP contribution in [-0.2, 0) is 4.79 Å². The average Bonchev–Trinajstić information content (AvgIpc) is 2.92. The van der Waals surface area contributed by atoms with Crippen LogP contribution >= 0.6 is 0 Å². The smallest absolute Gasteiger partial charge is 0.326 e. The number of aromatic nitrogens is 3. The summed E-state index contributed by atoms with van der Waals surface area (Å²) in [6.07, 6.45) is 1.04. The molecular formula is C19H26N4O3. The summed E-state index contributed by atoms with van der Waals surface area (Å²) in [5.74, 6) is -1.58. The van der Waals surface area contributed by atoms with Crippen LogP contribution in [0.4, 0.5) is 0 Å². The van der Waals surface area contributed by atoms with E-state index in [9.17, 15) is 14.7 Å². The van der Waals surface area contributed by atoms with Crippen molar-refractivity contribution in [3.8, 4) is 5.69 Å². The molecule has 1 unspecified atom stereocenters. The van der Waals surface area contributed by atoms with Crippen LogP contribution in [0.2, 0.25) is 0 Å². The van der Waals surface area contributed by atoms with Gasteiger partial charge < -0.3 is 10.4 Å². The zero-order chi connectivity index (χ0) is 19.5. The summed E-state index contributed by atoms with van der Waals surface area (Å²) in [6.45, 7) is 9.82. The number of hydrogen-bond donors (Lipinski definition) is 2. The second-order valence-corrected chi connectivity index (χ2v) is 7.73. The topological polar surface area (TPSA) is 97.1 Å². The highest BCUT2D eigenvalue weighted by Gasteiger charge is 2.26. The molecule has 1 heterocycles. The first-order valence-electron chi connectivity index (χ1n) is 8.61. The Morgan fingerprint density at radius 2 is 1.81 bits per heavy atom. The third-order valence-corrected chi connectivity index (χ3v) is 4.17. The van der Waals surface area contributed by atoms with Crippen LogP contribution in [0.3, 0.4) is 0 Å². The van der Waals surface area contributed by atoms with E-state index in [1.54, 1.807) is 11.6 Å². The minimum atomic E-state index is -1.05. The van der Waals surface area contributed by atoms with Gasteiger partial charge in [-0.2, -0.15) is 0 Å². The molecule has 1 amide bonds. The summed E-state index contributed by atoms with van der Waals surface area (Å²) < 4.78 is 1.57. The van der Waals surface area contributed by atoms with E-state index in [1.165, 1.54) is 0 Å². The molecule has 1 atom stereocenters. The number of hydrogen-bond acceptors (Lipinski definition) is 4. The molecule has 2 aromatic rings. The van der Waals surface area contributed by atoms with Crippen LogP contribution in [0.25, 0.3) is 5.69 Å². The molecule has 0 aliphatic carbocycles. The molecule has 7 heteroatoms. The minimum Gasteiger partial charge on any atom is -0.480 e. The van der Waals surface area contributed by atoms with Gasteiger partial charge in [-0.25, -0.2) is 9.48 Å². The van der Waals surface area contributed by atoms with Gasteiger partial charge in [-0.05, 0) is 44.2 Å². The summed E-state index contributed by atoms with van der Waals surface area (Å²) in [5.41, 5.74) is 2.59. The number of carboxylic acid groups (broad SMARTS) is 1. The molecular weight excluding hydrogens is 332 g/mol. The van der Waals surface area contributed by atoms with E-state index in [2.05, 4.69) is 15.6 Å². The summed E-state index contributed by atoms with van der Waals surface area (Å²) in [4.78, 5) is 24.0. The molecule has 2 N–H and O–H groups in total. The highest BCUT2D eigenvalue weighted by Crippen LogP contribution is 2.22. The van der Waals surface area contributed by atoms with Gasteiger partial charge >= 0.3 is 5.97 Å². The van der Waals surface area contributed by atoms with Crippen LogP contribution in [0.1, 0.15) is 55.4 Å². The van der Waals surface area contributed by atoms with Crippen molar-refractivity contribution in [3.05, 3.63) is 41.2 Å². The molecule has 0 aliphatic heterocycles. The molecule has 7 nitrogen and oxygen atoms in total. The number of carboxylic acids is 1. The maximum absolute atomic E-state index is 12.5. The minimum absolute atomic E-state index is 0.0110. The summed E-state index contributed by atoms with van der Waals surface area (Å²) >= 11 is 0. The number of nitrogens with one attached hydrogen (secondary N) is 1. The molecule has 26 heavy (non-hydrogen) atoms. The summed E-state index contributed by atoms with van der Waals surface area (Å²) in [5, 5.41) is 19.9. The fraction of sp³-hybridized carbons (Fsp3) is 0.474. The van der Waals surface area contributed by atoms with E-state index in [1.807, 2.05) is 52.0 Å². The molecule has 0 radical (unpaired) electrons. The van der Waals surface area contributed by atoms with Crippen molar-refractivity contribution in [2.24, 2.45) is 5.41 Å². The Bertz CT molecular complexity index is 788. The van der Waals surface area contributed by atoms with Gasteiger partial charge in [0, 0.05) is 0 Å². The zero-order valence-electron chi connectivity index (χ0n) is 15.9. The van der Waals surface area contributed by atoms with Gasteiger partial charge in [0.2, 0.25) is 0 Å². The molecule has 0 saturated carbocycles. The Morgan fingerprint density at radius 3 is 2.35 bits per heavy atom. The average molecular weight is 358 g/mol. The van der Waals surface area contributed by atoms with E-state index in [0.717, 1.165) is 11.3 Å². The van der Waals surface area contributed by atoms with Crippen molar-refractivity contribution >= 4 is 11.9 Å². The monoisotopic (exact) mass is 358 g/mol. The fourth-order valence-corrected chi connectivity index (χ4v) is 2.53. The third kappa shape index (κ3) is 4.91. The van der Waals surface area contributed by atoms with E-state index in [4.69, 9.17) is 0 Å². The summed E-state index contributed by atoms with van der Waals surface area (Å²) in [6, 6.07) is 6.72. The van der Waals surface area contributed by atoms with Crippen LogP contribution in [0.5, 0.6) is 0 Å². The number of amides is 1. The third-order valence-electron chi connectivity index (χ3n) is 4.17. The second kappa shape index (κ2) is 7.68. The lowest BCUT2D eigenvalue weighted by atomic mass is 9.88. The van der Waals surface area contributed by atoms with Crippen molar-refractivity contribution in [3.63, 3.8) is 0 Å². The molecule has 0 spiro atoms. The first kappa shape index (κ1) is 19.6. The zero-order valence-corrected chi connectivity index (χ0v) is 15.9. The van der Waals surface area contributed by atoms with Crippen molar-refractivity contribution in [1.29, 1.82) is 0 Å². The van der Waals surface area contributed by atoms with Crippen molar-refractivity contribution in [2.45, 2.75) is 53.5 Å². The lowest BCUT2D eigenvalue weighted by Gasteiger charge is -2.21. The van der Waals surface area contributed by atoms with Gasteiger partial charge in [0.25, 0.3) is 5.91 Å².